The number of esters is 1. The summed E-state index contributed by atoms with van der Waals surface area (Å²) in [6.45, 7) is 9.22. The monoisotopic (exact) mass is 504 g/mol. The Kier molecular flexibility index (Phi) is 7.10. The van der Waals surface area contributed by atoms with E-state index in [4.69, 9.17) is 9.73 Å². The minimum absolute atomic E-state index is 0.0131. The predicted octanol–water partition coefficient (Wildman–Crippen LogP) is 6.50. The minimum atomic E-state index is -0.183. The second-order valence-corrected chi connectivity index (χ2v) is 13.4. The molecule has 0 saturated heterocycles. The Morgan fingerprint density at radius 1 is 1.08 bits per heavy atom. The minimum Gasteiger partial charge on any atom is -0.469 e. The van der Waals surface area contributed by atoms with Crippen LogP contribution in [-0.2, 0) is 25.2 Å². The van der Waals surface area contributed by atoms with Gasteiger partial charge >= 0.3 is 5.97 Å². The summed E-state index contributed by atoms with van der Waals surface area (Å²) in [4.78, 5) is 30.0. The zero-order valence-electron chi connectivity index (χ0n) is 23.4. The van der Waals surface area contributed by atoms with Crippen LogP contribution < -0.4 is 5.32 Å². The summed E-state index contributed by atoms with van der Waals surface area (Å²) in [5.41, 5.74) is 6.09. The lowest BCUT2D eigenvalue weighted by atomic mass is 9.78. The van der Waals surface area contributed by atoms with Gasteiger partial charge in [-0.15, -0.1) is 0 Å². The fraction of sp³-hybridized carbons (Fsp3) is 0.656. The topological polar surface area (TPSA) is 67.8 Å². The molecule has 4 aliphatic rings. The quantitative estimate of drug-likeness (QED) is 0.431. The lowest BCUT2D eigenvalue weighted by molar-refractivity contribution is -0.149. The first-order chi connectivity index (χ1) is 17.6. The normalized spacial score (nSPS) is 27.1. The zero-order valence-corrected chi connectivity index (χ0v) is 23.4. The van der Waals surface area contributed by atoms with Gasteiger partial charge in [-0.25, -0.2) is 0 Å². The second kappa shape index (κ2) is 10.0. The number of amides is 1. The summed E-state index contributed by atoms with van der Waals surface area (Å²) in [7, 11) is 1.42. The molecule has 0 aromatic heterocycles. The van der Waals surface area contributed by atoms with Gasteiger partial charge in [0.15, 0.2) is 0 Å². The van der Waals surface area contributed by atoms with Gasteiger partial charge in [0.1, 0.15) is 5.70 Å². The van der Waals surface area contributed by atoms with Crippen LogP contribution >= 0.6 is 0 Å². The third-order valence-corrected chi connectivity index (χ3v) is 9.29. The number of carbonyl (C=O) groups excluding carboxylic acids is 2. The molecule has 1 aromatic carbocycles. The molecule has 3 fully saturated rings. The van der Waals surface area contributed by atoms with Crippen molar-refractivity contribution in [2.75, 3.05) is 7.11 Å². The molecule has 1 amide bonds. The van der Waals surface area contributed by atoms with Crippen LogP contribution in [0.5, 0.6) is 0 Å². The van der Waals surface area contributed by atoms with Crippen LogP contribution in [0.15, 0.2) is 35.0 Å². The Labute approximate surface area is 222 Å². The molecule has 3 aliphatic carbocycles. The van der Waals surface area contributed by atoms with Gasteiger partial charge in [0.25, 0.3) is 5.91 Å². The van der Waals surface area contributed by atoms with Crippen LogP contribution in [0.25, 0.3) is 0 Å². The molecule has 0 radical (unpaired) electrons. The number of aliphatic imine (C=N–C) groups is 1. The molecule has 3 saturated carbocycles. The number of allylic oxidation sites excluding steroid dienone is 1. The van der Waals surface area contributed by atoms with Gasteiger partial charge in [0, 0.05) is 17.7 Å². The summed E-state index contributed by atoms with van der Waals surface area (Å²) >= 11 is 0. The van der Waals surface area contributed by atoms with Crippen LogP contribution in [0.3, 0.4) is 0 Å². The third-order valence-electron chi connectivity index (χ3n) is 9.29. The first kappa shape index (κ1) is 26.2. The van der Waals surface area contributed by atoms with Crippen molar-refractivity contribution in [1.82, 2.24) is 5.32 Å². The number of carbonyl (C=O) groups is 2. The second-order valence-electron chi connectivity index (χ2n) is 13.4. The number of nitrogens with zero attached hydrogens (tertiary/aromatic N) is 1. The summed E-state index contributed by atoms with van der Waals surface area (Å²) in [5.74, 6) is 0.309. The Bertz CT molecular complexity index is 1090. The number of rotatable bonds is 7. The molecule has 5 heteroatoms. The summed E-state index contributed by atoms with van der Waals surface area (Å²) < 4.78 is 4.84. The summed E-state index contributed by atoms with van der Waals surface area (Å²) in [6, 6.07) is 7.18. The van der Waals surface area contributed by atoms with Crippen LogP contribution in [0.1, 0.15) is 115 Å². The maximum absolute atomic E-state index is 13.3. The highest BCUT2D eigenvalue weighted by Gasteiger charge is 2.41. The van der Waals surface area contributed by atoms with E-state index in [-0.39, 0.29) is 40.6 Å². The Hall–Kier alpha value is -2.43. The maximum Gasteiger partial charge on any atom is 0.308 e. The molecule has 1 atom stereocenters. The number of hydrogen-bond acceptors (Lipinski definition) is 4. The standard InChI is InChI=1S/C32H44N2O3/c1-31(2,3)23-14-21(15-24(18-23)32(4)11-12-32)26-19-28(34-27(26)13-20-9-7-6-8-10-20)29(35)33-25-16-22(17-25)30(36)37-5/h14-15,18-20,22,25-26H,6-13,16-17H2,1-5H3,(H,33,35). The highest BCUT2D eigenvalue weighted by atomic mass is 16.5. The molecule has 1 aromatic rings. The zero-order chi connectivity index (χ0) is 26.4. The van der Waals surface area contributed by atoms with Crippen molar-refractivity contribution in [3.05, 3.63) is 46.7 Å². The van der Waals surface area contributed by atoms with Crippen molar-refractivity contribution in [2.45, 2.75) is 115 Å². The molecule has 1 unspecified atom stereocenters. The number of benzene rings is 1. The van der Waals surface area contributed by atoms with Crippen molar-refractivity contribution in [2.24, 2.45) is 16.8 Å². The first-order valence-corrected chi connectivity index (χ1v) is 14.4. The van der Waals surface area contributed by atoms with Crippen LogP contribution in [0.2, 0.25) is 0 Å². The highest BCUT2D eigenvalue weighted by Crippen LogP contribution is 2.49. The van der Waals surface area contributed by atoms with E-state index in [1.54, 1.807) is 0 Å². The van der Waals surface area contributed by atoms with Crippen LogP contribution in [0, 0.1) is 11.8 Å². The van der Waals surface area contributed by atoms with Crippen LogP contribution in [-0.4, -0.2) is 30.7 Å². The van der Waals surface area contributed by atoms with Gasteiger partial charge in [-0.05, 0) is 71.6 Å². The number of hydrogen-bond donors (Lipinski definition) is 1. The van der Waals surface area contributed by atoms with Crippen molar-refractivity contribution < 1.29 is 14.3 Å². The van der Waals surface area contributed by atoms with Crippen molar-refractivity contribution in [3.8, 4) is 0 Å². The molecular formula is C32H44N2O3. The van der Waals surface area contributed by atoms with E-state index >= 15 is 0 Å². The van der Waals surface area contributed by atoms with Gasteiger partial charge in [-0.1, -0.05) is 78.0 Å². The lowest BCUT2D eigenvalue weighted by Crippen LogP contribution is -2.47. The maximum atomic E-state index is 13.3. The Morgan fingerprint density at radius 3 is 2.41 bits per heavy atom. The molecule has 5 nitrogen and oxygen atoms in total. The van der Waals surface area contributed by atoms with Gasteiger partial charge in [-0.2, -0.15) is 0 Å². The lowest BCUT2D eigenvalue weighted by Gasteiger charge is -2.33. The Morgan fingerprint density at radius 2 is 1.78 bits per heavy atom. The fourth-order valence-corrected chi connectivity index (χ4v) is 6.23. The largest absolute Gasteiger partial charge is 0.469 e. The number of methoxy groups -OCH3 is 1. The van der Waals surface area contributed by atoms with E-state index in [2.05, 4.69) is 57.3 Å². The molecule has 0 spiro atoms. The fourth-order valence-electron chi connectivity index (χ4n) is 6.23. The van der Waals surface area contributed by atoms with Gasteiger partial charge in [-0.3, -0.25) is 14.6 Å². The van der Waals surface area contributed by atoms with Crippen molar-refractivity contribution >= 4 is 17.6 Å². The molecule has 1 N–H and O–H groups in total. The molecule has 0 bridgehead atoms. The smallest absolute Gasteiger partial charge is 0.308 e. The molecule has 200 valence electrons. The van der Waals surface area contributed by atoms with E-state index in [1.807, 2.05) is 0 Å². The average Bonchev–Trinajstić information content (AvgIpc) is 3.47. The number of nitrogens with one attached hydrogen (secondary N) is 1. The van der Waals surface area contributed by atoms with Gasteiger partial charge in [0.2, 0.25) is 0 Å². The van der Waals surface area contributed by atoms with Crippen molar-refractivity contribution in [3.63, 3.8) is 0 Å². The van der Waals surface area contributed by atoms with E-state index in [0.29, 0.717) is 24.5 Å². The van der Waals surface area contributed by atoms with E-state index < -0.39 is 0 Å². The first-order valence-electron chi connectivity index (χ1n) is 14.4. The Balaban J connectivity index is 1.41. The molecule has 1 heterocycles. The van der Waals surface area contributed by atoms with Gasteiger partial charge < -0.3 is 10.1 Å². The van der Waals surface area contributed by atoms with Crippen molar-refractivity contribution in [1.29, 1.82) is 0 Å². The number of ether oxygens (including phenoxy) is 1. The molecule has 1 aliphatic heterocycles. The summed E-state index contributed by atoms with van der Waals surface area (Å²) in [5, 5.41) is 3.12. The predicted molar refractivity (Wildman–Crippen MR) is 148 cm³/mol. The molecular weight excluding hydrogens is 460 g/mol. The molecule has 5 rings (SSSR count). The SMILES string of the molecule is COC(=O)C1CC(NC(=O)C2=CC(c3cc(C(C)(C)C)cc(C4(C)CC4)c3)C(CC3CCCCC3)=N2)C1. The summed E-state index contributed by atoms with van der Waals surface area (Å²) in [6.07, 6.45) is 13.3. The average molecular weight is 505 g/mol. The third kappa shape index (κ3) is 5.71. The molecule has 37 heavy (non-hydrogen) atoms. The highest BCUT2D eigenvalue weighted by molar-refractivity contribution is 6.04. The van der Waals surface area contributed by atoms with Crippen LogP contribution in [0.4, 0.5) is 0 Å². The van der Waals surface area contributed by atoms with Gasteiger partial charge in [0.05, 0.1) is 13.0 Å². The van der Waals surface area contributed by atoms with E-state index in [0.717, 1.165) is 12.1 Å². The van der Waals surface area contributed by atoms with E-state index in [9.17, 15) is 9.59 Å². The van der Waals surface area contributed by atoms with E-state index in [1.165, 1.54) is 68.7 Å².